The van der Waals surface area contributed by atoms with Gasteiger partial charge in [-0.05, 0) is 59.7 Å². The second kappa shape index (κ2) is 20.0. The summed E-state index contributed by atoms with van der Waals surface area (Å²) in [6.07, 6.45) is 18.4. The molecule has 0 aromatic heterocycles. The maximum Gasteiger partial charge on any atom is 0.228 e. The van der Waals surface area contributed by atoms with Crippen molar-refractivity contribution < 1.29 is 9.63 Å². The lowest BCUT2D eigenvalue weighted by Gasteiger charge is -2.24. The molecule has 1 amide bonds. The van der Waals surface area contributed by atoms with E-state index in [1.807, 2.05) is 77.5 Å². The molecule has 3 aromatic rings. The average Bonchev–Trinajstić information content (AvgIpc) is 3.47. The van der Waals surface area contributed by atoms with Gasteiger partial charge in [-0.2, -0.15) is 0 Å². The van der Waals surface area contributed by atoms with Gasteiger partial charge >= 0.3 is 0 Å². The zero-order chi connectivity index (χ0) is 31.5. The van der Waals surface area contributed by atoms with E-state index in [-0.39, 0.29) is 5.91 Å². The molecule has 0 spiro atoms. The van der Waals surface area contributed by atoms with Crippen LogP contribution >= 0.6 is 11.8 Å². The molecule has 45 heavy (non-hydrogen) atoms. The number of nitrogens with zero attached hydrogens (tertiary/aromatic N) is 2. The molecule has 0 atom stereocenters. The molecule has 0 radical (unpaired) electrons. The van der Waals surface area contributed by atoms with Crippen LogP contribution in [0.25, 0.3) is 0 Å². The van der Waals surface area contributed by atoms with E-state index in [9.17, 15) is 4.79 Å². The van der Waals surface area contributed by atoms with Crippen LogP contribution in [0.4, 0.5) is 17.1 Å². The van der Waals surface area contributed by atoms with E-state index in [2.05, 4.69) is 48.5 Å². The summed E-state index contributed by atoms with van der Waals surface area (Å²) >= 11 is 1.85. The predicted molar refractivity (Wildman–Crippen MR) is 193 cm³/mol. The molecular formula is C39H53N3O2S. The Morgan fingerprint density at radius 3 is 2.02 bits per heavy atom. The summed E-state index contributed by atoms with van der Waals surface area (Å²) in [6, 6.07) is 26.5. The number of unbranched alkanes of at least 4 members (excludes halogenated alkanes) is 11. The van der Waals surface area contributed by atoms with Gasteiger partial charge in [0.05, 0.1) is 30.3 Å². The van der Waals surface area contributed by atoms with Crippen molar-refractivity contribution >= 4 is 34.7 Å². The van der Waals surface area contributed by atoms with Crippen molar-refractivity contribution in [1.29, 1.82) is 0 Å². The molecule has 0 unspecified atom stereocenters. The molecule has 3 aromatic carbocycles. The second-order valence-electron chi connectivity index (χ2n) is 12.2. The third-order valence-corrected chi connectivity index (χ3v) is 9.25. The third-order valence-electron chi connectivity index (χ3n) is 8.23. The fraction of sp³-hybridized carbons (Fsp3) is 0.462. The zero-order valence-electron chi connectivity index (χ0n) is 27.5. The number of nitrogens with one attached hydrogen (secondary N) is 1. The fourth-order valence-corrected chi connectivity index (χ4v) is 6.45. The number of anilines is 3. The highest BCUT2D eigenvalue weighted by molar-refractivity contribution is 8.03. The van der Waals surface area contributed by atoms with E-state index in [0.29, 0.717) is 13.0 Å². The van der Waals surface area contributed by atoms with E-state index in [1.54, 1.807) is 0 Å². The number of rotatable bonds is 21. The van der Waals surface area contributed by atoms with Crippen molar-refractivity contribution in [3.05, 3.63) is 101 Å². The largest absolute Gasteiger partial charge is 0.363 e. The molecule has 0 saturated heterocycles. The van der Waals surface area contributed by atoms with Crippen LogP contribution in [0.5, 0.6) is 0 Å². The Kier molecular flexibility index (Phi) is 15.4. The van der Waals surface area contributed by atoms with Gasteiger partial charge in [-0.3, -0.25) is 9.63 Å². The number of hydrogen-bond acceptors (Lipinski definition) is 5. The van der Waals surface area contributed by atoms with Gasteiger partial charge in [0.15, 0.2) is 0 Å². The van der Waals surface area contributed by atoms with E-state index in [4.69, 9.17) is 4.84 Å². The Hall–Kier alpha value is -3.22. The van der Waals surface area contributed by atoms with Gasteiger partial charge in [0.2, 0.25) is 5.91 Å². The van der Waals surface area contributed by atoms with Crippen molar-refractivity contribution in [2.75, 3.05) is 22.9 Å². The van der Waals surface area contributed by atoms with Crippen LogP contribution in [-0.2, 0) is 22.6 Å². The Balaban J connectivity index is 1.22. The smallest absolute Gasteiger partial charge is 0.228 e. The van der Waals surface area contributed by atoms with Crippen molar-refractivity contribution in [3.8, 4) is 0 Å². The highest BCUT2D eigenvalue weighted by Crippen LogP contribution is 2.29. The molecule has 4 rings (SSSR count). The van der Waals surface area contributed by atoms with Crippen molar-refractivity contribution in [2.24, 2.45) is 0 Å². The fourth-order valence-electron chi connectivity index (χ4n) is 5.70. The molecule has 1 aliphatic rings. The summed E-state index contributed by atoms with van der Waals surface area (Å²) in [5, 5.41) is 5.07. The molecule has 0 saturated carbocycles. The molecule has 5 nitrogen and oxygen atoms in total. The van der Waals surface area contributed by atoms with E-state index < -0.39 is 0 Å². The lowest BCUT2D eigenvalue weighted by molar-refractivity contribution is -0.115. The van der Waals surface area contributed by atoms with Gasteiger partial charge in [-0.25, -0.2) is 5.06 Å². The molecule has 1 heterocycles. The van der Waals surface area contributed by atoms with Crippen LogP contribution in [0.3, 0.4) is 0 Å². The third kappa shape index (κ3) is 12.6. The van der Waals surface area contributed by atoms with Gasteiger partial charge in [0.1, 0.15) is 0 Å². The van der Waals surface area contributed by atoms with Crippen LogP contribution in [0.2, 0.25) is 0 Å². The minimum atomic E-state index is -0.0131. The number of benzene rings is 3. The van der Waals surface area contributed by atoms with Crippen LogP contribution in [-0.4, -0.2) is 23.3 Å². The van der Waals surface area contributed by atoms with Crippen molar-refractivity contribution in [3.63, 3.8) is 0 Å². The molecular weight excluding hydrogens is 575 g/mol. The van der Waals surface area contributed by atoms with E-state index >= 15 is 0 Å². The number of allylic oxidation sites excluding steroid dienone is 1. The lowest BCUT2D eigenvalue weighted by atomic mass is 10.1. The monoisotopic (exact) mass is 627 g/mol. The normalized spacial score (nSPS) is 12.8. The van der Waals surface area contributed by atoms with Crippen LogP contribution < -0.4 is 10.4 Å². The summed E-state index contributed by atoms with van der Waals surface area (Å²) in [5.74, 6) is 0.935. The topological polar surface area (TPSA) is 44.8 Å². The molecule has 0 fully saturated rings. The van der Waals surface area contributed by atoms with Gasteiger partial charge in [0.25, 0.3) is 0 Å². The molecule has 1 aliphatic heterocycles. The highest BCUT2D eigenvalue weighted by atomic mass is 32.2. The number of carbonyl (C=O) groups is 1. The first-order chi connectivity index (χ1) is 22.1. The average molecular weight is 628 g/mol. The maximum atomic E-state index is 13.0. The highest BCUT2D eigenvalue weighted by Gasteiger charge is 2.15. The van der Waals surface area contributed by atoms with Crippen molar-refractivity contribution in [2.45, 2.75) is 104 Å². The Morgan fingerprint density at radius 1 is 0.778 bits per heavy atom. The van der Waals surface area contributed by atoms with Gasteiger partial charge < -0.3 is 10.2 Å². The number of amides is 1. The minimum absolute atomic E-state index is 0.0131. The molecule has 1 N–H and O–H groups in total. The van der Waals surface area contributed by atoms with Gasteiger partial charge in [-0.15, -0.1) is 11.8 Å². The Morgan fingerprint density at radius 2 is 1.38 bits per heavy atom. The van der Waals surface area contributed by atoms with Crippen molar-refractivity contribution in [1.82, 2.24) is 4.90 Å². The van der Waals surface area contributed by atoms with Gasteiger partial charge in [0, 0.05) is 18.4 Å². The first kappa shape index (κ1) is 34.6. The Labute approximate surface area is 276 Å². The summed E-state index contributed by atoms with van der Waals surface area (Å²) < 4.78 is 0. The summed E-state index contributed by atoms with van der Waals surface area (Å²) in [5.41, 5.74) is 4.93. The number of para-hydroxylation sites is 2. The van der Waals surface area contributed by atoms with Crippen LogP contribution in [0.15, 0.2) is 90.0 Å². The SMILES string of the molecule is CCCCCCCCCCCCCCON(c1ccccc1)c1ccc(CC(=O)Nc2ccccc2CN2C=C(C)SC2)cc1. The first-order valence-electron chi connectivity index (χ1n) is 17.1. The standard InChI is InChI=1S/C39H53N3O2S/c1-3-4-5-6-7-8-9-10-11-12-13-19-28-44-42(36-21-15-14-16-22-36)37-26-24-34(25-27-37)29-39(43)40-38-23-18-17-20-35(38)31-41-30-33(2)45-32-41/h14-18,20-27,30H,3-13,19,28-29,31-32H2,1-2H3,(H,40,43). The van der Waals surface area contributed by atoms with Gasteiger partial charge in [-0.1, -0.05) is 126 Å². The summed E-state index contributed by atoms with van der Waals surface area (Å²) in [7, 11) is 0. The Bertz CT molecular complexity index is 1300. The molecule has 242 valence electrons. The van der Waals surface area contributed by atoms with E-state index in [1.165, 1.54) is 75.5 Å². The number of hydrogen-bond donors (Lipinski definition) is 1. The zero-order valence-corrected chi connectivity index (χ0v) is 28.3. The first-order valence-corrected chi connectivity index (χ1v) is 18.1. The molecule has 6 heteroatoms. The molecule has 0 aliphatic carbocycles. The quantitative estimate of drug-likeness (QED) is 0.0940. The van der Waals surface area contributed by atoms with Crippen LogP contribution in [0, 0.1) is 0 Å². The number of thioether (sulfide) groups is 1. The van der Waals surface area contributed by atoms with Crippen LogP contribution in [0.1, 0.15) is 102 Å². The predicted octanol–water partition coefficient (Wildman–Crippen LogP) is 11.0. The summed E-state index contributed by atoms with van der Waals surface area (Å²) in [6.45, 7) is 5.88. The summed E-state index contributed by atoms with van der Waals surface area (Å²) in [4.78, 5) is 23.0. The second-order valence-corrected chi connectivity index (χ2v) is 13.4. The van der Waals surface area contributed by atoms with E-state index in [0.717, 1.165) is 47.0 Å². The lowest BCUT2D eigenvalue weighted by Crippen LogP contribution is -2.19. The minimum Gasteiger partial charge on any atom is -0.363 e. The molecule has 0 bridgehead atoms. The number of carbonyl (C=O) groups excluding carboxylic acids is 1. The maximum absolute atomic E-state index is 13.0.